The fraction of sp³-hybridized carbons (Fsp3) is 0.444. The molecule has 1 aromatic rings. The van der Waals surface area contributed by atoms with Crippen molar-refractivity contribution in [2.45, 2.75) is 51.2 Å². The lowest BCUT2D eigenvalue weighted by Crippen LogP contribution is -2.46. The van der Waals surface area contributed by atoms with Crippen molar-refractivity contribution in [1.29, 1.82) is 0 Å². The van der Waals surface area contributed by atoms with Crippen LogP contribution in [0, 0.1) is 13.8 Å². The molecule has 0 bridgehead atoms. The van der Waals surface area contributed by atoms with Crippen molar-refractivity contribution in [3.05, 3.63) is 45.8 Å². The van der Waals surface area contributed by atoms with Gasteiger partial charge in [0, 0.05) is 16.7 Å². The summed E-state index contributed by atoms with van der Waals surface area (Å²) >= 11 is 0. The standard InChI is InChI=1S/C18H21NO3/c1-9-7-10(2)13-12(8-9)16(21)15-14(13)17(22)18(19-15)5-3-11(20)4-6-18/h7-8,11,19-22H,3-6H2,1-2H3. The van der Waals surface area contributed by atoms with E-state index in [0.717, 1.165) is 27.8 Å². The Bertz CT molecular complexity index is 737. The van der Waals surface area contributed by atoms with Crippen LogP contribution in [0.3, 0.4) is 0 Å². The van der Waals surface area contributed by atoms with E-state index in [4.69, 9.17) is 0 Å². The summed E-state index contributed by atoms with van der Waals surface area (Å²) in [4.78, 5) is 0. The molecule has 0 amide bonds. The van der Waals surface area contributed by atoms with Crippen LogP contribution in [0.5, 0.6) is 0 Å². The first-order chi connectivity index (χ1) is 10.4. The maximum absolute atomic E-state index is 10.9. The zero-order chi connectivity index (χ0) is 15.6. The normalized spacial score (nSPS) is 29.9. The quantitative estimate of drug-likeness (QED) is 0.594. The number of hydrogen-bond acceptors (Lipinski definition) is 4. The number of benzene rings is 1. The van der Waals surface area contributed by atoms with E-state index in [9.17, 15) is 15.3 Å². The number of rotatable bonds is 0. The summed E-state index contributed by atoms with van der Waals surface area (Å²) in [5, 5.41) is 34.6. The molecule has 2 aliphatic carbocycles. The SMILES string of the molecule is Cc1cc(C)c2c(c1)C(O)=C1NC3(CCC(O)CC3)C(O)=C12. The second-order valence-electron chi connectivity index (χ2n) is 6.89. The van der Waals surface area contributed by atoms with E-state index in [1.165, 1.54) is 0 Å². The number of hydrogen-bond donors (Lipinski definition) is 4. The van der Waals surface area contributed by atoms with Crippen molar-refractivity contribution in [3.63, 3.8) is 0 Å². The molecule has 0 radical (unpaired) electrons. The minimum absolute atomic E-state index is 0.228. The molecule has 0 atom stereocenters. The molecule has 1 aromatic carbocycles. The van der Waals surface area contributed by atoms with Crippen LogP contribution in [0.25, 0.3) is 11.3 Å². The minimum Gasteiger partial charge on any atom is -0.509 e. The third-order valence-corrected chi connectivity index (χ3v) is 5.33. The van der Waals surface area contributed by atoms with Crippen LogP contribution in [0.4, 0.5) is 0 Å². The molecule has 0 saturated heterocycles. The number of aliphatic hydroxyl groups is 3. The second kappa shape index (κ2) is 4.29. The minimum atomic E-state index is -0.521. The highest BCUT2D eigenvalue weighted by molar-refractivity contribution is 6.01. The van der Waals surface area contributed by atoms with E-state index in [1.807, 2.05) is 19.9 Å². The molecule has 1 aliphatic heterocycles. The number of nitrogens with one attached hydrogen (secondary N) is 1. The van der Waals surface area contributed by atoms with E-state index >= 15 is 0 Å². The summed E-state index contributed by atoms with van der Waals surface area (Å²) in [6, 6.07) is 4.03. The Labute approximate surface area is 129 Å². The molecular weight excluding hydrogens is 278 g/mol. The lowest BCUT2D eigenvalue weighted by atomic mass is 9.79. The van der Waals surface area contributed by atoms with Crippen molar-refractivity contribution in [1.82, 2.24) is 5.32 Å². The predicted octanol–water partition coefficient (Wildman–Crippen LogP) is 3.09. The van der Waals surface area contributed by atoms with E-state index < -0.39 is 5.54 Å². The first-order valence-electron chi connectivity index (χ1n) is 7.88. The van der Waals surface area contributed by atoms with Crippen LogP contribution in [0.2, 0.25) is 0 Å². The highest BCUT2D eigenvalue weighted by Gasteiger charge is 2.49. The molecule has 1 spiro atoms. The highest BCUT2D eigenvalue weighted by Crippen LogP contribution is 2.51. The number of aliphatic hydroxyl groups excluding tert-OH is 3. The van der Waals surface area contributed by atoms with Crippen LogP contribution >= 0.6 is 0 Å². The molecule has 1 saturated carbocycles. The zero-order valence-corrected chi connectivity index (χ0v) is 12.9. The molecule has 3 aliphatic rings. The second-order valence-corrected chi connectivity index (χ2v) is 6.89. The van der Waals surface area contributed by atoms with E-state index in [0.29, 0.717) is 37.1 Å². The van der Waals surface area contributed by atoms with Crippen LogP contribution < -0.4 is 5.32 Å². The molecular formula is C18H21NO3. The largest absolute Gasteiger partial charge is 0.509 e. The summed E-state index contributed by atoms with van der Waals surface area (Å²) in [7, 11) is 0. The van der Waals surface area contributed by atoms with Gasteiger partial charge in [-0.05, 0) is 51.2 Å². The smallest absolute Gasteiger partial charge is 0.147 e. The van der Waals surface area contributed by atoms with Crippen molar-refractivity contribution < 1.29 is 15.3 Å². The fourth-order valence-electron chi connectivity index (χ4n) is 4.22. The Hall–Kier alpha value is -1.94. The molecule has 4 nitrogen and oxygen atoms in total. The van der Waals surface area contributed by atoms with Gasteiger partial charge in [-0.2, -0.15) is 0 Å². The molecule has 1 fully saturated rings. The van der Waals surface area contributed by atoms with Gasteiger partial charge in [-0.1, -0.05) is 11.6 Å². The monoisotopic (exact) mass is 299 g/mol. The lowest BCUT2D eigenvalue weighted by Gasteiger charge is -2.36. The van der Waals surface area contributed by atoms with Crippen LogP contribution in [-0.2, 0) is 0 Å². The summed E-state index contributed by atoms with van der Waals surface area (Å²) in [6.45, 7) is 4.02. The molecule has 4 heteroatoms. The van der Waals surface area contributed by atoms with Gasteiger partial charge < -0.3 is 20.6 Å². The van der Waals surface area contributed by atoms with Gasteiger partial charge in [0.1, 0.15) is 11.5 Å². The molecule has 0 aromatic heterocycles. The van der Waals surface area contributed by atoms with Crippen LogP contribution in [-0.4, -0.2) is 27.0 Å². The van der Waals surface area contributed by atoms with E-state index in [1.54, 1.807) is 0 Å². The maximum atomic E-state index is 10.9. The topological polar surface area (TPSA) is 72.7 Å². The highest BCUT2D eigenvalue weighted by atomic mass is 16.3. The van der Waals surface area contributed by atoms with Gasteiger partial charge >= 0.3 is 0 Å². The Morgan fingerprint density at radius 1 is 1.14 bits per heavy atom. The summed E-state index contributed by atoms with van der Waals surface area (Å²) in [5.41, 5.74) is 4.77. The lowest BCUT2D eigenvalue weighted by molar-refractivity contribution is 0.0877. The van der Waals surface area contributed by atoms with Gasteiger partial charge in [0.15, 0.2) is 0 Å². The van der Waals surface area contributed by atoms with E-state index in [-0.39, 0.29) is 11.9 Å². The summed E-state index contributed by atoms with van der Waals surface area (Å²) in [6.07, 6.45) is 2.40. The molecule has 1 heterocycles. The van der Waals surface area contributed by atoms with Crippen LogP contribution in [0.1, 0.15) is 47.9 Å². The molecule has 4 rings (SSSR count). The van der Waals surface area contributed by atoms with Gasteiger partial charge in [0.05, 0.1) is 17.3 Å². The van der Waals surface area contributed by atoms with Gasteiger partial charge in [-0.15, -0.1) is 0 Å². The fourth-order valence-corrected chi connectivity index (χ4v) is 4.22. The molecule has 0 unspecified atom stereocenters. The number of aryl methyl sites for hydroxylation is 2. The molecule has 22 heavy (non-hydrogen) atoms. The van der Waals surface area contributed by atoms with Gasteiger partial charge in [0.25, 0.3) is 0 Å². The predicted molar refractivity (Wildman–Crippen MR) is 85.4 cm³/mol. The molecule has 4 N–H and O–H groups in total. The zero-order valence-electron chi connectivity index (χ0n) is 12.9. The summed E-state index contributed by atoms with van der Waals surface area (Å²) < 4.78 is 0. The Morgan fingerprint density at radius 3 is 2.50 bits per heavy atom. The third kappa shape index (κ3) is 1.61. The molecule has 116 valence electrons. The third-order valence-electron chi connectivity index (χ3n) is 5.33. The first kappa shape index (κ1) is 13.7. The van der Waals surface area contributed by atoms with Crippen molar-refractivity contribution in [2.75, 3.05) is 0 Å². The Kier molecular flexibility index (Phi) is 2.67. The van der Waals surface area contributed by atoms with Crippen molar-refractivity contribution in [3.8, 4) is 0 Å². The van der Waals surface area contributed by atoms with Crippen molar-refractivity contribution in [2.24, 2.45) is 0 Å². The summed E-state index contributed by atoms with van der Waals surface area (Å²) in [5.74, 6) is 0.554. The Balaban J connectivity index is 1.89. The van der Waals surface area contributed by atoms with Gasteiger partial charge in [0.2, 0.25) is 0 Å². The number of allylic oxidation sites excluding steroid dienone is 1. The average molecular weight is 299 g/mol. The first-order valence-corrected chi connectivity index (χ1v) is 7.88. The maximum Gasteiger partial charge on any atom is 0.147 e. The average Bonchev–Trinajstić information content (AvgIpc) is 2.89. The van der Waals surface area contributed by atoms with Crippen LogP contribution in [0.15, 0.2) is 23.6 Å². The van der Waals surface area contributed by atoms with Gasteiger partial charge in [-0.25, -0.2) is 0 Å². The van der Waals surface area contributed by atoms with Gasteiger partial charge in [-0.3, -0.25) is 0 Å². The number of fused-ring (bicyclic) bond motifs is 3. The van der Waals surface area contributed by atoms with Crippen molar-refractivity contribution >= 4 is 11.3 Å². The Morgan fingerprint density at radius 2 is 1.82 bits per heavy atom. The van der Waals surface area contributed by atoms with E-state index in [2.05, 4.69) is 11.4 Å².